The van der Waals surface area contributed by atoms with Crippen molar-refractivity contribution in [1.29, 1.82) is 0 Å². The van der Waals surface area contributed by atoms with Gasteiger partial charge in [-0.15, -0.1) is 0 Å². The van der Waals surface area contributed by atoms with Crippen molar-refractivity contribution >= 4 is 41.3 Å². The molecule has 0 heterocycles. The number of hydrogen-bond donors (Lipinski definition) is 5. The van der Waals surface area contributed by atoms with Crippen molar-refractivity contribution in [3.05, 3.63) is 99.6 Å². The number of carboxylic acids is 4. The van der Waals surface area contributed by atoms with Gasteiger partial charge in [0.05, 0.1) is 22.3 Å². The number of ketones is 1. The second kappa shape index (κ2) is 9.67. The van der Waals surface area contributed by atoms with Crippen LogP contribution in [0.2, 0.25) is 0 Å². The molecule has 0 aliphatic rings. The van der Waals surface area contributed by atoms with Gasteiger partial charge in [0, 0.05) is 22.4 Å². The van der Waals surface area contributed by atoms with Crippen LogP contribution >= 0.6 is 0 Å². The van der Waals surface area contributed by atoms with Gasteiger partial charge in [-0.2, -0.15) is 0 Å². The molecule has 0 bridgehead atoms. The van der Waals surface area contributed by atoms with Gasteiger partial charge in [-0.1, -0.05) is 6.07 Å². The van der Waals surface area contributed by atoms with Crippen molar-refractivity contribution in [1.82, 2.24) is 0 Å². The molecular weight excluding hydrogens is 462 g/mol. The van der Waals surface area contributed by atoms with Gasteiger partial charge in [-0.05, 0) is 54.6 Å². The van der Waals surface area contributed by atoms with Gasteiger partial charge in [0.2, 0.25) is 0 Å². The van der Waals surface area contributed by atoms with Crippen LogP contribution in [0.15, 0.2) is 60.7 Å². The lowest BCUT2D eigenvalue weighted by molar-refractivity contribution is 0.0651. The molecule has 0 aromatic heterocycles. The van der Waals surface area contributed by atoms with Gasteiger partial charge in [0.1, 0.15) is 0 Å². The molecule has 11 heteroatoms. The van der Waals surface area contributed by atoms with E-state index in [1.54, 1.807) is 0 Å². The molecule has 0 unspecified atom stereocenters. The lowest BCUT2D eigenvalue weighted by Gasteiger charge is -2.09. The third-order valence-corrected chi connectivity index (χ3v) is 4.89. The molecule has 3 rings (SSSR count). The van der Waals surface area contributed by atoms with Crippen molar-refractivity contribution in [3.8, 4) is 0 Å². The lowest BCUT2D eigenvalue weighted by atomic mass is 9.98. The summed E-state index contributed by atoms with van der Waals surface area (Å²) in [5, 5.41) is 39.1. The van der Waals surface area contributed by atoms with E-state index in [0.29, 0.717) is 0 Å². The number of nitrogens with one attached hydrogen (secondary N) is 1. The summed E-state index contributed by atoms with van der Waals surface area (Å²) in [6.45, 7) is 0. The van der Waals surface area contributed by atoms with Crippen LogP contribution in [0.3, 0.4) is 0 Å². The Morgan fingerprint density at radius 1 is 0.486 bits per heavy atom. The van der Waals surface area contributed by atoms with Crippen LogP contribution in [0.4, 0.5) is 5.69 Å². The second-order valence-corrected chi connectivity index (χ2v) is 7.10. The number of aromatic carboxylic acids is 4. The largest absolute Gasteiger partial charge is 0.478 e. The molecule has 0 spiro atoms. The third-order valence-electron chi connectivity index (χ3n) is 4.89. The zero-order valence-corrected chi connectivity index (χ0v) is 17.5. The van der Waals surface area contributed by atoms with Crippen LogP contribution in [0, 0.1) is 0 Å². The van der Waals surface area contributed by atoms with Crippen molar-refractivity contribution in [2.45, 2.75) is 0 Å². The molecule has 0 saturated heterocycles. The van der Waals surface area contributed by atoms with Crippen molar-refractivity contribution in [2.75, 3.05) is 5.32 Å². The highest BCUT2D eigenvalue weighted by molar-refractivity contribution is 6.12. The number of carbonyl (C=O) groups is 6. The monoisotopic (exact) mass is 477 g/mol. The average Bonchev–Trinajstić information content (AvgIpc) is 2.83. The number of hydrogen-bond acceptors (Lipinski definition) is 6. The van der Waals surface area contributed by atoms with E-state index in [0.717, 1.165) is 30.3 Å². The Kier molecular flexibility index (Phi) is 6.72. The van der Waals surface area contributed by atoms with E-state index >= 15 is 0 Å². The SMILES string of the molecule is O=C(Nc1ccc(C(=O)c2ccc(C(=O)O)c(C(=O)O)c2)cc1)c1ccc(C(=O)O)c(C(=O)O)c1. The number of carboxylic acid groups (broad SMARTS) is 4. The molecule has 0 aliphatic carbocycles. The Hall–Kier alpha value is -5.32. The van der Waals surface area contributed by atoms with Gasteiger partial charge in [0.25, 0.3) is 5.91 Å². The minimum Gasteiger partial charge on any atom is -0.478 e. The molecule has 0 atom stereocenters. The van der Waals surface area contributed by atoms with Gasteiger partial charge >= 0.3 is 23.9 Å². The van der Waals surface area contributed by atoms with Crippen LogP contribution in [0.5, 0.6) is 0 Å². The van der Waals surface area contributed by atoms with E-state index < -0.39 is 57.8 Å². The van der Waals surface area contributed by atoms with E-state index in [4.69, 9.17) is 10.2 Å². The maximum atomic E-state index is 12.7. The topological polar surface area (TPSA) is 195 Å². The van der Waals surface area contributed by atoms with Gasteiger partial charge in [-0.25, -0.2) is 19.2 Å². The highest BCUT2D eigenvalue weighted by atomic mass is 16.4. The second-order valence-electron chi connectivity index (χ2n) is 7.10. The first-order valence-electron chi connectivity index (χ1n) is 9.67. The molecular formula is C24H15NO10. The average molecular weight is 477 g/mol. The summed E-state index contributed by atoms with van der Waals surface area (Å²) in [6.07, 6.45) is 0. The standard InChI is InChI=1S/C24H15NO10/c26-19(12-3-7-15(21(28)29)17(9-12)23(32)33)11-1-5-14(6-2-11)25-20(27)13-4-8-16(22(30)31)18(10-13)24(34)35/h1-10H,(H,25,27)(H,28,29)(H,30,31)(H,32,33)(H,34,35). The minimum absolute atomic E-state index is 0.0519. The Morgan fingerprint density at radius 3 is 1.34 bits per heavy atom. The minimum atomic E-state index is -1.51. The first-order valence-corrected chi connectivity index (χ1v) is 9.67. The van der Waals surface area contributed by atoms with Crippen LogP contribution in [-0.2, 0) is 0 Å². The fourth-order valence-electron chi connectivity index (χ4n) is 3.17. The van der Waals surface area contributed by atoms with Gasteiger partial charge < -0.3 is 25.7 Å². The zero-order valence-electron chi connectivity index (χ0n) is 17.5. The molecule has 1 amide bonds. The molecule has 35 heavy (non-hydrogen) atoms. The van der Waals surface area contributed by atoms with Gasteiger partial charge in [0.15, 0.2) is 5.78 Å². The van der Waals surface area contributed by atoms with Crippen LogP contribution in [0.1, 0.15) is 67.7 Å². The summed E-state index contributed by atoms with van der Waals surface area (Å²) in [5.41, 5.74) is -1.83. The Bertz CT molecular complexity index is 1410. The number of anilines is 1. The molecule has 0 aliphatic heterocycles. The molecule has 0 saturated carbocycles. The molecule has 0 radical (unpaired) electrons. The molecule has 3 aromatic carbocycles. The van der Waals surface area contributed by atoms with Crippen molar-refractivity contribution < 1.29 is 49.2 Å². The first kappa shape index (κ1) is 24.3. The quantitative estimate of drug-likeness (QED) is 0.301. The van der Waals surface area contributed by atoms with Crippen LogP contribution < -0.4 is 5.32 Å². The highest BCUT2D eigenvalue weighted by Gasteiger charge is 2.20. The molecule has 11 nitrogen and oxygen atoms in total. The normalized spacial score (nSPS) is 10.3. The zero-order chi connectivity index (χ0) is 25.9. The van der Waals surface area contributed by atoms with E-state index in [2.05, 4.69) is 5.32 Å². The number of benzene rings is 3. The van der Waals surface area contributed by atoms with Crippen molar-refractivity contribution in [3.63, 3.8) is 0 Å². The molecule has 0 fully saturated rings. The fourth-order valence-corrected chi connectivity index (χ4v) is 3.17. The van der Waals surface area contributed by atoms with E-state index in [-0.39, 0.29) is 22.4 Å². The number of amides is 1. The van der Waals surface area contributed by atoms with Crippen molar-refractivity contribution in [2.24, 2.45) is 0 Å². The third kappa shape index (κ3) is 5.20. The Labute approximate surface area is 195 Å². The van der Waals surface area contributed by atoms with Crippen LogP contribution in [0.25, 0.3) is 0 Å². The summed E-state index contributed by atoms with van der Waals surface area (Å²) >= 11 is 0. The predicted octanol–water partition coefficient (Wildman–Crippen LogP) is 2.96. The predicted molar refractivity (Wildman–Crippen MR) is 119 cm³/mol. The van der Waals surface area contributed by atoms with Gasteiger partial charge in [-0.3, -0.25) is 9.59 Å². The summed E-state index contributed by atoms with van der Waals surface area (Å²) in [5.74, 6) is -7.23. The molecule has 3 aromatic rings. The summed E-state index contributed by atoms with van der Waals surface area (Å²) in [6, 6.07) is 11.7. The van der Waals surface area contributed by atoms with E-state index in [1.165, 1.54) is 30.3 Å². The number of carbonyl (C=O) groups excluding carboxylic acids is 2. The molecule has 5 N–H and O–H groups in total. The fraction of sp³-hybridized carbons (Fsp3) is 0. The smallest absolute Gasteiger partial charge is 0.336 e. The maximum absolute atomic E-state index is 12.7. The molecule has 176 valence electrons. The first-order chi connectivity index (χ1) is 16.5. The van der Waals surface area contributed by atoms with E-state index in [1.807, 2.05) is 0 Å². The summed E-state index contributed by atoms with van der Waals surface area (Å²) in [7, 11) is 0. The maximum Gasteiger partial charge on any atom is 0.336 e. The highest BCUT2D eigenvalue weighted by Crippen LogP contribution is 2.19. The summed E-state index contributed by atoms with van der Waals surface area (Å²) in [4.78, 5) is 70.1. The number of rotatable bonds is 8. The Morgan fingerprint density at radius 2 is 0.886 bits per heavy atom. The lowest BCUT2D eigenvalue weighted by Crippen LogP contribution is -2.15. The summed E-state index contributed by atoms with van der Waals surface area (Å²) < 4.78 is 0. The van der Waals surface area contributed by atoms with Crippen LogP contribution in [-0.4, -0.2) is 56.0 Å². The Balaban J connectivity index is 1.81. The van der Waals surface area contributed by atoms with E-state index in [9.17, 15) is 39.0 Å².